The molecule has 0 aliphatic carbocycles. The van der Waals surface area contributed by atoms with Gasteiger partial charge in [-0.2, -0.15) is 0 Å². The second-order valence-electron chi connectivity index (χ2n) is 0.967. The Labute approximate surface area is 41.8 Å². The smallest absolute Gasteiger partial charge is 0.142 e. The van der Waals surface area contributed by atoms with Crippen molar-refractivity contribution >= 4 is 12.6 Å². The molecule has 2 nitrogen and oxygen atoms in total. The van der Waals surface area contributed by atoms with Gasteiger partial charge in [0.25, 0.3) is 0 Å². The minimum Gasteiger partial charge on any atom is -0.303 e. The van der Waals surface area contributed by atoms with E-state index in [1.54, 1.807) is 0 Å². The number of aldehydes is 2. The third-order valence-electron chi connectivity index (χ3n) is 0.447. The zero-order chi connectivity index (χ0) is 5.54. The molecule has 0 aromatic carbocycles. The second kappa shape index (κ2) is 5.08. The van der Waals surface area contributed by atoms with Gasteiger partial charge in [-0.15, -0.1) is 0 Å². The largest absolute Gasteiger partial charge is 0.303 e. The molecule has 0 saturated heterocycles. The van der Waals surface area contributed by atoms with Gasteiger partial charge in [0.1, 0.15) is 12.6 Å². The molecule has 0 spiro atoms. The van der Waals surface area contributed by atoms with Crippen molar-refractivity contribution in [1.29, 1.82) is 0 Å². The Morgan fingerprint density at radius 1 is 1.29 bits per heavy atom. The number of hydrogen-bond donors (Lipinski definition) is 0. The van der Waals surface area contributed by atoms with Crippen LogP contribution in [0.4, 0.5) is 0 Å². The Bertz CT molecular complexity index is 84.1. The first-order valence-electron chi connectivity index (χ1n) is 1.95. The van der Waals surface area contributed by atoms with Crippen molar-refractivity contribution in [3.8, 4) is 0 Å². The van der Waals surface area contributed by atoms with E-state index in [1.165, 1.54) is 12.2 Å². The Hall–Kier alpha value is -0.920. The van der Waals surface area contributed by atoms with Crippen molar-refractivity contribution in [1.82, 2.24) is 0 Å². The molecule has 0 aromatic rings. The van der Waals surface area contributed by atoms with Gasteiger partial charge in [-0.1, -0.05) is 6.08 Å². The summed E-state index contributed by atoms with van der Waals surface area (Å²) in [5, 5.41) is 0. The first-order valence-corrected chi connectivity index (χ1v) is 1.95. The summed E-state index contributed by atoms with van der Waals surface area (Å²) < 4.78 is 0. The lowest BCUT2D eigenvalue weighted by Gasteiger charge is -1.65. The van der Waals surface area contributed by atoms with E-state index in [-0.39, 0.29) is 0 Å². The third kappa shape index (κ3) is 5.08. The molecule has 0 fully saturated rings. The van der Waals surface area contributed by atoms with Gasteiger partial charge in [0, 0.05) is 6.42 Å². The van der Waals surface area contributed by atoms with Crippen LogP contribution in [0.25, 0.3) is 0 Å². The first-order chi connectivity index (χ1) is 3.41. The lowest BCUT2D eigenvalue weighted by Crippen LogP contribution is -1.65. The summed E-state index contributed by atoms with van der Waals surface area (Å²) in [6.07, 6.45) is 4.51. The van der Waals surface area contributed by atoms with Gasteiger partial charge in [-0.25, -0.2) is 0 Å². The summed E-state index contributed by atoms with van der Waals surface area (Å²) in [6, 6.07) is 0. The maximum Gasteiger partial charge on any atom is 0.142 e. The van der Waals surface area contributed by atoms with Gasteiger partial charge < -0.3 is 4.79 Å². The standard InChI is InChI=1S/C5H6O2/c6-4-2-1-3-5-7/h1-2,4-5H,3H2/b2-1-. The SMILES string of the molecule is O=C/C=C\CC=O. The van der Waals surface area contributed by atoms with E-state index in [1.807, 2.05) is 0 Å². The number of carbonyl (C=O) groups excluding carboxylic acids is 2. The second-order valence-corrected chi connectivity index (χ2v) is 0.967. The van der Waals surface area contributed by atoms with Crippen LogP contribution in [0.1, 0.15) is 6.42 Å². The lowest BCUT2D eigenvalue weighted by molar-refractivity contribution is -0.107. The topological polar surface area (TPSA) is 34.1 Å². The predicted octanol–water partition coefficient (Wildman–Crippen LogP) is 0.330. The Balaban J connectivity index is 3.08. The maximum atomic E-state index is 9.51. The normalized spacial score (nSPS) is 9.14. The average molecular weight is 98.1 g/mol. The molecular weight excluding hydrogens is 92.1 g/mol. The Kier molecular flexibility index (Phi) is 4.41. The summed E-state index contributed by atoms with van der Waals surface area (Å²) in [6.45, 7) is 0. The molecule has 0 aromatic heterocycles. The fraction of sp³-hybridized carbons (Fsp3) is 0.200. The Morgan fingerprint density at radius 2 is 2.00 bits per heavy atom. The number of carbonyl (C=O) groups is 2. The molecule has 0 heterocycles. The highest BCUT2D eigenvalue weighted by Crippen LogP contribution is 1.70. The summed E-state index contributed by atoms with van der Waals surface area (Å²) in [7, 11) is 0. The number of allylic oxidation sites excluding steroid dienone is 2. The minimum absolute atomic E-state index is 0.332. The van der Waals surface area contributed by atoms with Crippen LogP contribution in [0.5, 0.6) is 0 Å². The lowest BCUT2D eigenvalue weighted by atomic mass is 10.4. The number of hydrogen-bond acceptors (Lipinski definition) is 2. The first kappa shape index (κ1) is 6.08. The molecule has 0 aliphatic heterocycles. The van der Waals surface area contributed by atoms with Crippen molar-refractivity contribution < 1.29 is 9.59 Å². The summed E-state index contributed by atoms with van der Waals surface area (Å²) in [4.78, 5) is 19.0. The van der Waals surface area contributed by atoms with E-state index in [4.69, 9.17) is 0 Å². The van der Waals surface area contributed by atoms with Crippen molar-refractivity contribution in [2.75, 3.05) is 0 Å². The van der Waals surface area contributed by atoms with Crippen LogP contribution in [-0.4, -0.2) is 12.6 Å². The predicted molar refractivity (Wildman–Crippen MR) is 25.9 cm³/mol. The molecule has 0 rings (SSSR count). The van der Waals surface area contributed by atoms with E-state index in [0.717, 1.165) is 6.29 Å². The molecule has 0 N–H and O–H groups in total. The van der Waals surface area contributed by atoms with Crippen molar-refractivity contribution in [3.63, 3.8) is 0 Å². The molecule has 0 saturated carbocycles. The van der Waals surface area contributed by atoms with Gasteiger partial charge >= 0.3 is 0 Å². The van der Waals surface area contributed by atoms with Crippen molar-refractivity contribution in [2.45, 2.75) is 6.42 Å². The van der Waals surface area contributed by atoms with E-state index in [0.29, 0.717) is 12.7 Å². The zero-order valence-electron chi connectivity index (χ0n) is 3.83. The molecular formula is C5H6O2. The molecule has 0 aliphatic rings. The van der Waals surface area contributed by atoms with E-state index >= 15 is 0 Å². The molecule has 0 amide bonds. The summed E-state index contributed by atoms with van der Waals surface area (Å²) >= 11 is 0. The maximum absolute atomic E-state index is 9.51. The molecule has 0 atom stereocenters. The van der Waals surface area contributed by atoms with Crippen LogP contribution >= 0.6 is 0 Å². The Morgan fingerprint density at radius 3 is 2.43 bits per heavy atom. The molecule has 0 radical (unpaired) electrons. The van der Waals surface area contributed by atoms with Crippen LogP contribution in [0, 0.1) is 0 Å². The summed E-state index contributed by atoms with van der Waals surface area (Å²) in [5.74, 6) is 0. The van der Waals surface area contributed by atoms with E-state index in [2.05, 4.69) is 0 Å². The van der Waals surface area contributed by atoms with Crippen LogP contribution in [-0.2, 0) is 9.59 Å². The van der Waals surface area contributed by atoms with Crippen molar-refractivity contribution in [2.24, 2.45) is 0 Å². The van der Waals surface area contributed by atoms with Crippen LogP contribution in [0.2, 0.25) is 0 Å². The van der Waals surface area contributed by atoms with Gasteiger partial charge in [0.15, 0.2) is 0 Å². The van der Waals surface area contributed by atoms with E-state index < -0.39 is 0 Å². The highest BCUT2D eigenvalue weighted by molar-refractivity contribution is 5.66. The fourth-order valence-corrected chi connectivity index (χ4v) is 0.190. The van der Waals surface area contributed by atoms with Crippen molar-refractivity contribution in [3.05, 3.63) is 12.2 Å². The highest BCUT2D eigenvalue weighted by atomic mass is 16.1. The van der Waals surface area contributed by atoms with Gasteiger partial charge in [-0.3, -0.25) is 4.79 Å². The monoisotopic (exact) mass is 98.0 g/mol. The molecule has 2 heteroatoms. The van der Waals surface area contributed by atoms with Crippen LogP contribution in [0.3, 0.4) is 0 Å². The molecule has 7 heavy (non-hydrogen) atoms. The quantitative estimate of drug-likeness (QED) is 0.376. The summed E-state index contributed by atoms with van der Waals surface area (Å²) in [5.41, 5.74) is 0. The average Bonchev–Trinajstić information content (AvgIpc) is 1.69. The molecule has 0 bridgehead atoms. The number of rotatable bonds is 3. The van der Waals surface area contributed by atoms with Gasteiger partial charge in [0.05, 0.1) is 0 Å². The van der Waals surface area contributed by atoms with Gasteiger partial charge in [-0.05, 0) is 6.08 Å². The third-order valence-corrected chi connectivity index (χ3v) is 0.447. The zero-order valence-corrected chi connectivity index (χ0v) is 3.83. The van der Waals surface area contributed by atoms with E-state index in [9.17, 15) is 9.59 Å². The van der Waals surface area contributed by atoms with Gasteiger partial charge in [0.2, 0.25) is 0 Å². The molecule has 0 unspecified atom stereocenters. The fourth-order valence-electron chi connectivity index (χ4n) is 0.190. The van der Waals surface area contributed by atoms with Crippen LogP contribution < -0.4 is 0 Å². The highest BCUT2D eigenvalue weighted by Gasteiger charge is 1.66. The van der Waals surface area contributed by atoms with Crippen LogP contribution in [0.15, 0.2) is 12.2 Å². The molecule has 38 valence electrons. The minimum atomic E-state index is 0.332.